The summed E-state index contributed by atoms with van der Waals surface area (Å²) in [7, 11) is 0. The van der Waals surface area contributed by atoms with E-state index in [0.717, 1.165) is 0 Å². The second kappa shape index (κ2) is 3.76. The van der Waals surface area contributed by atoms with Crippen LogP contribution in [-0.2, 0) is 0 Å². The number of para-hydroxylation sites is 1. The Morgan fingerprint density at radius 3 is 2.80 bits per heavy atom. The average Bonchev–Trinajstić information content (AvgIpc) is 2.18. The maximum atomic E-state index is 13.3. The highest BCUT2D eigenvalue weighted by Gasteiger charge is 2.12. The molecule has 0 aliphatic rings. The number of halogens is 3. The number of pyridine rings is 1. The Morgan fingerprint density at radius 1 is 1.40 bits per heavy atom. The zero-order valence-corrected chi connectivity index (χ0v) is 8.81. The Balaban J connectivity index is 2.82. The highest BCUT2D eigenvalue weighted by Crippen LogP contribution is 2.23. The molecular formula is C10H4Cl2FNO. The molecule has 0 bridgehead atoms. The van der Waals surface area contributed by atoms with E-state index in [-0.39, 0.29) is 16.2 Å². The number of nitrogens with zero attached hydrogens (tertiary/aromatic N) is 1. The van der Waals surface area contributed by atoms with E-state index in [0.29, 0.717) is 5.39 Å². The first-order valence-corrected chi connectivity index (χ1v) is 4.80. The molecule has 0 N–H and O–H groups in total. The van der Waals surface area contributed by atoms with Gasteiger partial charge in [0.05, 0.1) is 5.56 Å². The van der Waals surface area contributed by atoms with Crippen LogP contribution < -0.4 is 0 Å². The van der Waals surface area contributed by atoms with Crippen molar-refractivity contribution in [1.29, 1.82) is 0 Å². The lowest BCUT2D eigenvalue weighted by molar-refractivity contribution is 0.108. The van der Waals surface area contributed by atoms with Crippen LogP contribution in [-0.4, -0.2) is 10.2 Å². The van der Waals surface area contributed by atoms with E-state index >= 15 is 0 Å². The summed E-state index contributed by atoms with van der Waals surface area (Å²) in [5.41, 5.74) is 0.209. The van der Waals surface area contributed by atoms with E-state index in [4.69, 9.17) is 23.2 Å². The number of hydrogen-bond donors (Lipinski definition) is 0. The first-order valence-electron chi connectivity index (χ1n) is 4.04. The van der Waals surface area contributed by atoms with Gasteiger partial charge in [-0.3, -0.25) is 4.79 Å². The smallest absolute Gasteiger partial charge is 0.255 e. The molecule has 2 rings (SSSR count). The van der Waals surface area contributed by atoms with Crippen molar-refractivity contribution in [2.24, 2.45) is 0 Å². The normalized spacial score (nSPS) is 10.6. The number of hydrogen-bond acceptors (Lipinski definition) is 2. The molecular weight excluding hydrogens is 240 g/mol. The van der Waals surface area contributed by atoms with Gasteiger partial charge in [-0.25, -0.2) is 9.37 Å². The van der Waals surface area contributed by atoms with Crippen LogP contribution in [0.5, 0.6) is 0 Å². The summed E-state index contributed by atoms with van der Waals surface area (Å²) in [5, 5.41) is -0.310. The van der Waals surface area contributed by atoms with Crippen molar-refractivity contribution in [1.82, 2.24) is 4.98 Å². The number of carbonyl (C=O) groups excluding carboxylic acids is 1. The van der Waals surface area contributed by atoms with Crippen LogP contribution in [0.3, 0.4) is 0 Å². The summed E-state index contributed by atoms with van der Waals surface area (Å²) in [6.07, 6.45) is 0. The fraction of sp³-hybridized carbons (Fsp3) is 0. The van der Waals surface area contributed by atoms with Crippen LogP contribution in [0.4, 0.5) is 4.39 Å². The standard InChI is InChI=1S/C10H4Cl2FNO/c11-9-6(10(12)15)4-5-2-1-3-7(13)8(5)14-9/h1-4H. The van der Waals surface area contributed by atoms with Crippen LogP contribution in [0.2, 0.25) is 5.15 Å². The Bertz CT molecular complexity index is 556. The van der Waals surface area contributed by atoms with E-state index in [1.807, 2.05) is 0 Å². The van der Waals surface area contributed by atoms with Gasteiger partial charge in [-0.1, -0.05) is 23.7 Å². The molecule has 2 aromatic rings. The van der Waals surface area contributed by atoms with Crippen molar-refractivity contribution < 1.29 is 9.18 Å². The average molecular weight is 244 g/mol. The maximum absolute atomic E-state index is 13.3. The van der Waals surface area contributed by atoms with Crippen molar-refractivity contribution in [2.75, 3.05) is 0 Å². The van der Waals surface area contributed by atoms with Gasteiger partial charge in [0.1, 0.15) is 16.5 Å². The quantitative estimate of drug-likeness (QED) is 0.568. The molecule has 0 aliphatic carbocycles. The van der Waals surface area contributed by atoms with Crippen molar-refractivity contribution >= 4 is 39.3 Å². The molecule has 1 heterocycles. The van der Waals surface area contributed by atoms with Gasteiger partial charge in [0.2, 0.25) is 0 Å². The van der Waals surface area contributed by atoms with Crippen molar-refractivity contribution in [2.45, 2.75) is 0 Å². The van der Waals surface area contributed by atoms with E-state index in [1.165, 1.54) is 18.2 Å². The molecule has 5 heteroatoms. The molecule has 0 saturated carbocycles. The molecule has 0 amide bonds. The zero-order valence-electron chi connectivity index (χ0n) is 7.30. The van der Waals surface area contributed by atoms with Crippen molar-refractivity contribution in [3.8, 4) is 0 Å². The minimum atomic E-state index is -0.710. The molecule has 15 heavy (non-hydrogen) atoms. The molecule has 0 fully saturated rings. The lowest BCUT2D eigenvalue weighted by Crippen LogP contribution is -1.95. The molecule has 0 aliphatic heterocycles. The van der Waals surface area contributed by atoms with Gasteiger partial charge in [0.15, 0.2) is 0 Å². The van der Waals surface area contributed by atoms with E-state index < -0.39 is 11.1 Å². The highest BCUT2D eigenvalue weighted by atomic mass is 35.5. The Kier molecular flexibility index (Phi) is 2.59. The maximum Gasteiger partial charge on any atom is 0.255 e. The predicted molar refractivity (Wildman–Crippen MR) is 56.9 cm³/mol. The Labute approximate surface area is 94.6 Å². The van der Waals surface area contributed by atoms with Crippen LogP contribution in [0.15, 0.2) is 24.3 Å². The van der Waals surface area contributed by atoms with Gasteiger partial charge in [-0.15, -0.1) is 0 Å². The molecule has 0 saturated heterocycles. The number of carbonyl (C=O) groups is 1. The second-order valence-electron chi connectivity index (χ2n) is 2.91. The van der Waals surface area contributed by atoms with Crippen molar-refractivity contribution in [3.63, 3.8) is 0 Å². The molecule has 0 unspecified atom stereocenters. The van der Waals surface area contributed by atoms with Crippen LogP contribution in [0.25, 0.3) is 10.9 Å². The molecule has 1 aromatic heterocycles. The Hall–Kier alpha value is -1.19. The van der Waals surface area contributed by atoms with Gasteiger partial charge >= 0.3 is 0 Å². The predicted octanol–water partition coefficient (Wildman–Crippen LogP) is 3.41. The lowest BCUT2D eigenvalue weighted by Gasteiger charge is -2.02. The minimum Gasteiger partial charge on any atom is -0.275 e. The van der Waals surface area contributed by atoms with Crippen molar-refractivity contribution in [3.05, 3.63) is 40.8 Å². The molecule has 0 radical (unpaired) electrons. The third-order valence-corrected chi connectivity index (χ3v) is 2.45. The largest absolute Gasteiger partial charge is 0.275 e. The fourth-order valence-electron chi connectivity index (χ4n) is 1.28. The van der Waals surface area contributed by atoms with Crippen LogP contribution in [0, 0.1) is 5.82 Å². The van der Waals surface area contributed by atoms with E-state index in [9.17, 15) is 9.18 Å². The van der Waals surface area contributed by atoms with E-state index in [1.54, 1.807) is 6.07 Å². The van der Waals surface area contributed by atoms with E-state index in [2.05, 4.69) is 4.98 Å². The Morgan fingerprint density at radius 2 is 2.13 bits per heavy atom. The third kappa shape index (κ3) is 1.80. The van der Waals surface area contributed by atoms with Crippen LogP contribution in [0.1, 0.15) is 10.4 Å². The first-order chi connectivity index (χ1) is 7.09. The molecule has 0 spiro atoms. The lowest BCUT2D eigenvalue weighted by atomic mass is 10.1. The summed E-state index contributed by atoms with van der Waals surface area (Å²) in [6.45, 7) is 0. The van der Waals surface area contributed by atoms with Gasteiger partial charge < -0.3 is 0 Å². The number of benzene rings is 1. The van der Waals surface area contributed by atoms with Gasteiger partial charge in [-0.2, -0.15) is 0 Å². The SMILES string of the molecule is O=C(Cl)c1cc2cccc(F)c2nc1Cl. The molecule has 2 nitrogen and oxygen atoms in total. The topological polar surface area (TPSA) is 30.0 Å². The minimum absolute atomic E-state index is 0.0800. The number of rotatable bonds is 1. The monoisotopic (exact) mass is 243 g/mol. The highest BCUT2D eigenvalue weighted by molar-refractivity contribution is 6.68. The molecule has 1 aromatic carbocycles. The molecule has 0 atom stereocenters. The first kappa shape index (κ1) is 10.3. The fourth-order valence-corrected chi connectivity index (χ4v) is 1.70. The summed E-state index contributed by atoms with van der Waals surface area (Å²) in [6, 6.07) is 5.84. The summed E-state index contributed by atoms with van der Waals surface area (Å²) >= 11 is 11.0. The van der Waals surface area contributed by atoms with Gasteiger partial charge in [-0.05, 0) is 23.7 Å². The summed E-state index contributed by atoms with van der Waals surface area (Å²) in [4.78, 5) is 14.7. The van der Waals surface area contributed by atoms with Gasteiger partial charge in [0.25, 0.3) is 5.24 Å². The number of fused-ring (bicyclic) bond motifs is 1. The number of aromatic nitrogens is 1. The zero-order chi connectivity index (χ0) is 11.0. The van der Waals surface area contributed by atoms with Crippen LogP contribution >= 0.6 is 23.2 Å². The molecule has 76 valence electrons. The summed E-state index contributed by atoms with van der Waals surface area (Å²) in [5.74, 6) is -0.483. The van der Waals surface area contributed by atoms with Gasteiger partial charge in [0, 0.05) is 5.39 Å². The second-order valence-corrected chi connectivity index (χ2v) is 3.61. The third-order valence-electron chi connectivity index (χ3n) is 1.96. The summed E-state index contributed by atoms with van der Waals surface area (Å²) < 4.78 is 13.3.